The quantitative estimate of drug-likeness (QED) is 0.466. The molecule has 0 saturated carbocycles. The van der Waals surface area contributed by atoms with Gasteiger partial charge in [-0.2, -0.15) is 0 Å². The number of amides is 3. The van der Waals surface area contributed by atoms with Gasteiger partial charge >= 0.3 is 6.03 Å². The molecule has 1 aliphatic heterocycles. The fourth-order valence-corrected chi connectivity index (χ4v) is 3.44. The Hall–Kier alpha value is -2.74. The number of imide groups is 1. The minimum absolute atomic E-state index is 0.0260. The van der Waals surface area contributed by atoms with Crippen LogP contribution in [0.25, 0.3) is 0 Å². The largest absolute Gasteiger partial charge is 0.325 e. The number of urea groups is 1. The van der Waals surface area contributed by atoms with Crippen molar-refractivity contribution < 1.29 is 14.5 Å². The van der Waals surface area contributed by atoms with Crippen molar-refractivity contribution in [3.8, 4) is 0 Å². The maximum absolute atomic E-state index is 13.0. The van der Waals surface area contributed by atoms with Gasteiger partial charge in [-0.25, -0.2) is 4.79 Å². The molecule has 0 aromatic heterocycles. The highest BCUT2D eigenvalue weighted by Gasteiger charge is 2.49. The van der Waals surface area contributed by atoms with E-state index >= 15 is 0 Å². The van der Waals surface area contributed by atoms with E-state index in [1.807, 2.05) is 6.07 Å². The van der Waals surface area contributed by atoms with Crippen molar-refractivity contribution in [3.63, 3.8) is 0 Å². The van der Waals surface area contributed by atoms with Crippen LogP contribution in [0.2, 0.25) is 0 Å². The summed E-state index contributed by atoms with van der Waals surface area (Å²) in [7, 11) is 0. The van der Waals surface area contributed by atoms with Crippen LogP contribution in [-0.4, -0.2) is 21.8 Å². The van der Waals surface area contributed by atoms with Gasteiger partial charge < -0.3 is 5.32 Å². The van der Waals surface area contributed by atoms with Gasteiger partial charge in [0.2, 0.25) is 0 Å². The predicted molar refractivity (Wildman–Crippen MR) is 98.4 cm³/mol. The van der Waals surface area contributed by atoms with Crippen LogP contribution < -0.4 is 5.32 Å². The highest BCUT2D eigenvalue weighted by Crippen LogP contribution is 2.32. The Labute approximate surface area is 158 Å². The summed E-state index contributed by atoms with van der Waals surface area (Å²) in [6.45, 7) is 3.23. The van der Waals surface area contributed by atoms with Crippen LogP contribution in [0.3, 0.4) is 0 Å². The summed E-state index contributed by atoms with van der Waals surface area (Å²) in [6, 6.07) is 11.3. The number of carbonyl (C=O) groups excluding carboxylic acids is 2. The number of hydrogen-bond acceptors (Lipinski definition) is 4. The topological polar surface area (TPSA) is 92.6 Å². The molecule has 1 N–H and O–H groups in total. The molecule has 3 rings (SSSR count). The molecular formula is C18H16BrN3O4. The molecule has 8 heteroatoms. The standard InChI is InChI=1S/C18H16BrN3O4/c1-11-12(5-3-8-15(11)22(25)26)10-21-16(23)18(2,20-17(21)24)13-6-4-7-14(19)9-13/h3-9H,10H2,1-2H3,(H,20,24). The highest BCUT2D eigenvalue weighted by molar-refractivity contribution is 9.10. The molecule has 1 fully saturated rings. The molecule has 2 aromatic rings. The van der Waals surface area contributed by atoms with Gasteiger partial charge in [0.1, 0.15) is 5.54 Å². The normalized spacial score (nSPS) is 19.6. The maximum atomic E-state index is 13.0. The number of hydrogen-bond donors (Lipinski definition) is 1. The maximum Gasteiger partial charge on any atom is 0.325 e. The second-order valence-electron chi connectivity index (χ2n) is 6.28. The molecule has 2 aromatic carbocycles. The van der Waals surface area contributed by atoms with Gasteiger partial charge in [-0.3, -0.25) is 19.8 Å². The molecule has 1 heterocycles. The molecule has 1 atom stereocenters. The SMILES string of the molecule is Cc1c(CN2C(=O)NC(C)(c3cccc(Br)c3)C2=O)cccc1[N+](=O)[O-]. The van der Waals surface area contributed by atoms with Crippen molar-refractivity contribution in [1.29, 1.82) is 0 Å². The van der Waals surface area contributed by atoms with Gasteiger partial charge in [-0.05, 0) is 37.1 Å². The third-order valence-electron chi connectivity index (χ3n) is 4.62. The van der Waals surface area contributed by atoms with Gasteiger partial charge in [0.25, 0.3) is 11.6 Å². The van der Waals surface area contributed by atoms with E-state index < -0.39 is 22.4 Å². The minimum atomic E-state index is -1.19. The highest BCUT2D eigenvalue weighted by atomic mass is 79.9. The molecule has 0 spiro atoms. The van der Waals surface area contributed by atoms with E-state index in [4.69, 9.17) is 0 Å². The third-order valence-corrected chi connectivity index (χ3v) is 5.11. The number of carbonyl (C=O) groups is 2. The van der Waals surface area contributed by atoms with Gasteiger partial charge in [-0.15, -0.1) is 0 Å². The number of benzene rings is 2. The van der Waals surface area contributed by atoms with Gasteiger partial charge in [-0.1, -0.05) is 40.2 Å². The van der Waals surface area contributed by atoms with Crippen LogP contribution >= 0.6 is 15.9 Å². The average Bonchev–Trinajstić information content (AvgIpc) is 2.80. The van der Waals surface area contributed by atoms with E-state index in [1.54, 1.807) is 44.2 Å². The first-order chi connectivity index (χ1) is 12.2. The molecule has 1 unspecified atom stereocenters. The predicted octanol–water partition coefficient (Wildman–Crippen LogP) is 3.63. The van der Waals surface area contributed by atoms with Crippen LogP contribution in [0.4, 0.5) is 10.5 Å². The molecule has 0 bridgehead atoms. The molecule has 1 saturated heterocycles. The van der Waals surface area contributed by atoms with Gasteiger partial charge in [0.05, 0.1) is 11.5 Å². The van der Waals surface area contributed by atoms with E-state index in [-0.39, 0.29) is 12.2 Å². The van der Waals surface area contributed by atoms with Crippen molar-refractivity contribution in [2.24, 2.45) is 0 Å². The Balaban J connectivity index is 1.94. The van der Waals surface area contributed by atoms with Gasteiger partial charge in [0.15, 0.2) is 0 Å². The van der Waals surface area contributed by atoms with Gasteiger partial charge in [0, 0.05) is 16.1 Å². The van der Waals surface area contributed by atoms with Crippen molar-refractivity contribution in [2.45, 2.75) is 25.9 Å². The zero-order valence-corrected chi connectivity index (χ0v) is 15.7. The van der Waals surface area contributed by atoms with E-state index in [0.717, 1.165) is 9.37 Å². The number of nitro groups is 1. The lowest BCUT2D eigenvalue weighted by Gasteiger charge is -2.22. The fraction of sp³-hybridized carbons (Fsp3) is 0.222. The average molecular weight is 418 g/mol. The van der Waals surface area contributed by atoms with E-state index in [2.05, 4.69) is 21.2 Å². The molecular weight excluding hydrogens is 402 g/mol. The summed E-state index contributed by atoms with van der Waals surface area (Å²) in [5.41, 5.74) is 0.429. The summed E-state index contributed by atoms with van der Waals surface area (Å²) in [4.78, 5) is 37.1. The smallest absolute Gasteiger partial charge is 0.319 e. The summed E-state index contributed by atoms with van der Waals surface area (Å²) >= 11 is 3.37. The number of rotatable bonds is 4. The minimum Gasteiger partial charge on any atom is -0.319 e. The van der Waals surface area contributed by atoms with Crippen LogP contribution in [-0.2, 0) is 16.9 Å². The lowest BCUT2D eigenvalue weighted by atomic mass is 9.92. The first-order valence-electron chi connectivity index (χ1n) is 7.87. The molecule has 7 nitrogen and oxygen atoms in total. The first kappa shape index (κ1) is 18.1. The monoisotopic (exact) mass is 417 g/mol. The molecule has 3 amide bonds. The molecule has 134 valence electrons. The van der Waals surface area contributed by atoms with Crippen molar-refractivity contribution in [1.82, 2.24) is 10.2 Å². The lowest BCUT2D eigenvalue weighted by Crippen LogP contribution is -2.40. The second kappa shape index (κ2) is 6.53. The number of halogens is 1. The summed E-state index contributed by atoms with van der Waals surface area (Å²) < 4.78 is 0.797. The zero-order chi connectivity index (χ0) is 19.1. The number of nitro benzene ring substituents is 1. The third kappa shape index (κ3) is 2.96. The van der Waals surface area contributed by atoms with Crippen LogP contribution in [0.5, 0.6) is 0 Å². The Morgan fingerprint density at radius 2 is 1.92 bits per heavy atom. The van der Waals surface area contributed by atoms with E-state index in [1.165, 1.54) is 6.07 Å². The summed E-state index contributed by atoms with van der Waals surface area (Å²) in [6.07, 6.45) is 0. The van der Waals surface area contributed by atoms with Crippen molar-refractivity contribution >= 4 is 33.6 Å². The number of nitrogens with zero attached hydrogens (tertiary/aromatic N) is 2. The molecule has 0 aliphatic carbocycles. The Morgan fingerprint density at radius 1 is 1.23 bits per heavy atom. The lowest BCUT2D eigenvalue weighted by molar-refractivity contribution is -0.385. The Kier molecular flexibility index (Phi) is 4.53. The van der Waals surface area contributed by atoms with Crippen LogP contribution in [0.1, 0.15) is 23.6 Å². The van der Waals surface area contributed by atoms with Crippen LogP contribution in [0.15, 0.2) is 46.9 Å². The fourth-order valence-electron chi connectivity index (χ4n) is 3.05. The van der Waals surface area contributed by atoms with Crippen LogP contribution in [0, 0.1) is 17.0 Å². The molecule has 1 aliphatic rings. The second-order valence-corrected chi connectivity index (χ2v) is 7.19. The first-order valence-corrected chi connectivity index (χ1v) is 8.66. The van der Waals surface area contributed by atoms with Crippen molar-refractivity contribution in [2.75, 3.05) is 0 Å². The number of nitrogens with one attached hydrogen (secondary N) is 1. The van der Waals surface area contributed by atoms with E-state index in [9.17, 15) is 19.7 Å². The summed E-state index contributed by atoms with van der Waals surface area (Å²) in [5.74, 6) is -0.397. The zero-order valence-electron chi connectivity index (χ0n) is 14.2. The van der Waals surface area contributed by atoms with Crippen molar-refractivity contribution in [3.05, 3.63) is 73.7 Å². The summed E-state index contributed by atoms with van der Waals surface area (Å²) in [5, 5.41) is 13.8. The Bertz CT molecular complexity index is 930. The molecule has 0 radical (unpaired) electrons. The van der Waals surface area contributed by atoms with E-state index in [0.29, 0.717) is 16.7 Å². The molecule has 26 heavy (non-hydrogen) atoms. The Morgan fingerprint density at radius 3 is 2.58 bits per heavy atom.